The van der Waals surface area contributed by atoms with Gasteiger partial charge in [0.1, 0.15) is 12.4 Å². The molecule has 0 aliphatic rings. The standard InChI is InChI=1S/C25H23Cl2N5O2S2/c1-4-9-32-22(12-34-21-8-7-18(26)11-19(21)27)30-31-25(32)36-14-23(33)29-24-28-20(13-35-24)17-6-5-15(2)16(3)10-17/h4-8,10-11,13H,1,9,12,14H2,2-3H3,(H,28,29,33). The molecule has 2 heterocycles. The molecule has 0 aliphatic carbocycles. The predicted molar refractivity (Wildman–Crippen MR) is 147 cm³/mol. The maximum atomic E-state index is 12.6. The lowest BCUT2D eigenvalue weighted by atomic mass is 10.1. The molecule has 2 aromatic carbocycles. The monoisotopic (exact) mass is 559 g/mol. The molecule has 7 nitrogen and oxygen atoms in total. The van der Waals surface area contributed by atoms with E-state index in [0.717, 1.165) is 11.3 Å². The van der Waals surface area contributed by atoms with Crippen molar-refractivity contribution in [3.05, 3.63) is 81.4 Å². The molecule has 1 N–H and O–H groups in total. The minimum Gasteiger partial charge on any atom is -0.484 e. The maximum Gasteiger partial charge on any atom is 0.236 e. The van der Waals surface area contributed by atoms with Crippen molar-refractivity contribution >= 4 is 57.3 Å². The second-order valence-corrected chi connectivity index (χ2v) is 10.5. The second kappa shape index (κ2) is 11.9. The zero-order valence-electron chi connectivity index (χ0n) is 19.6. The first-order valence-electron chi connectivity index (χ1n) is 10.9. The molecule has 0 spiro atoms. The Morgan fingerprint density at radius 2 is 2.03 bits per heavy atom. The zero-order chi connectivity index (χ0) is 25.7. The van der Waals surface area contributed by atoms with E-state index >= 15 is 0 Å². The lowest BCUT2D eigenvalue weighted by molar-refractivity contribution is -0.113. The Labute approximate surface area is 227 Å². The number of carbonyl (C=O) groups is 1. The molecule has 0 fully saturated rings. The van der Waals surface area contributed by atoms with Crippen LogP contribution in [0.4, 0.5) is 5.13 Å². The first-order chi connectivity index (χ1) is 17.3. The van der Waals surface area contributed by atoms with Crippen molar-refractivity contribution in [1.82, 2.24) is 19.7 Å². The number of aromatic nitrogens is 4. The molecule has 1 amide bonds. The third-order valence-corrected chi connectivity index (χ3v) is 7.50. The largest absolute Gasteiger partial charge is 0.484 e. The van der Waals surface area contributed by atoms with Crippen LogP contribution in [-0.4, -0.2) is 31.4 Å². The molecular formula is C25H23Cl2N5O2S2. The van der Waals surface area contributed by atoms with E-state index in [0.29, 0.717) is 38.5 Å². The van der Waals surface area contributed by atoms with Crippen LogP contribution in [-0.2, 0) is 17.9 Å². The fourth-order valence-electron chi connectivity index (χ4n) is 3.23. The van der Waals surface area contributed by atoms with Gasteiger partial charge in [0, 0.05) is 22.5 Å². The van der Waals surface area contributed by atoms with E-state index in [1.54, 1.807) is 24.3 Å². The fourth-order valence-corrected chi connectivity index (χ4v) is 5.20. The van der Waals surface area contributed by atoms with Gasteiger partial charge in [-0.25, -0.2) is 4.98 Å². The summed E-state index contributed by atoms with van der Waals surface area (Å²) >= 11 is 14.8. The van der Waals surface area contributed by atoms with Crippen LogP contribution in [0.5, 0.6) is 5.75 Å². The first kappa shape index (κ1) is 26.2. The number of hydrogen-bond acceptors (Lipinski definition) is 7. The topological polar surface area (TPSA) is 81.9 Å². The lowest BCUT2D eigenvalue weighted by Crippen LogP contribution is -2.15. The number of thioether (sulfide) groups is 1. The third kappa shape index (κ3) is 6.47. The Balaban J connectivity index is 1.36. The highest BCUT2D eigenvalue weighted by atomic mass is 35.5. The molecule has 0 saturated carbocycles. The number of hydrogen-bond donors (Lipinski definition) is 1. The summed E-state index contributed by atoms with van der Waals surface area (Å²) in [5.41, 5.74) is 4.29. The molecule has 4 aromatic rings. The Bertz CT molecular complexity index is 1400. The molecule has 0 radical (unpaired) electrons. The van der Waals surface area contributed by atoms with Crippen LogP contribution in [0, 0.1) is 13.8 Å². The SMILES string of the molecule is C=CCn1c(COc2ccc(Cl)cc2Cl)nnc1SCC(=O)Nc1nc(-c2ccc(C)c(C)c2)cs1. The number of halogens is 2. The Kier molecular flexibility index (Phi) is 8.68. The van der Waals surface area contributed by atoms with E-state index in [1.165, 1.54) is 34.2 Å². The quantitative estimate of drug-likeness (QED) is 0.169. The summed E-state index contributed by atoms with van der Waals surface area (Å²) in [4.78, 5) is 17.1. The average Bonchev–Trinajstić information content (AvgIpc) is 3.46. The van der Waals surface area contributed by atoms with Gasteiger partial charge in [-0.1, -0.05) is 53.2 Å². The van der Waals surface area contributed by atoms with Crippen molar-refractivity contribution in [2.24, 2.45) is 0 Å². The summed E-state index contributed by atoms with van der Waals surface area (Å²) in [6.45, 7) is 8.56. The van der Waals surface area contributed by atoms with Crippen LogP contribution in [0.2, 0.25) is 10.0 Å². The number of allylic oxidation sites excluding steroid dienone is 1. The van der Waals surface area contributed by atoms with Crippen LogP contribution in [0.15, 0.2) is 59.6 Å². The van der Waals surface area contributed by atoms with Gasteiger partial charge in [-0.05, 0) is 49.2 Å². The molecular weight excluding hydrogens is 537 g/mol. The third-order valence-electron chi connectivity index (χ3n) is 5.24. The van der Waals surface area contributed by atoms with E-state index in [-0.39, 0.29) is 18.3 Å². The predicted octanol–water partition coefficient (Wildman–Crippen LogP) is 6.82. The van der Waals surface area contributed by atoms with Gasteiger partial charge in [-0.2, -0.15) is 0 Å². The molecule has 0 bridgehead atoms. The van der Waals surface area contributed by atoms with Crippen LogP contribution < -0.4 is 10.1 Å². The molecule has 2 aromatic heterocycles. The first-order valence-corrected chi connectivity index (χ1v) is 13.5. The summed E-state index contributed by atoms with van der Waals surface area (Å²) in [5, 5.41) is 15.3. The molecule has 0 saturated heterocycles. The molecule has 4 rings (SSSR count). The molecule has 0 aliphatic heterocycles. The van der Waals surface area contributed by atoms with Gasteiger partial charge in [-0.3, -0.25) is 9.36 Å². The summed E-state index contributed by atoms with van der Waals surface area (Å²) in [7, 11) is 0. The van der Waals surface area contributed by atoms with Crippen molar-refractivity contribution in [3.63, 3.8) is 0 Å². The van der Waals surface area contributed by atoms with Gasteiger partial charge in [0.15, 0.2) is 16.1 Å². The van der Waals surface area contributed by atoms with E-state index in [1.807, 2.05) is 16.0 Å². The van der Waals surface area contributed by atoms with Crippen molar-refractivity contribution in [2.45, 2.75) is 32.2 Å². The van der Waals surface area contributed by atoms with Gasteiger partial charge in [0.05, 0.1) is 16.5 Å². The van der Waals surface area contributed by atoms with Gasteiger partial charge in [0.25, 0.3) is 0 Å². The Hall–Kier alpha value is -2.85. The number of amides is 1. The van der Waals surface area contributed by atoms with Crippen LogP contribution in [0.1, 0.15) is 17.0 Å². The summed E-state index contributed by atoms with van der Waals surface area (Å²) in [6, 6.07) is 11.2. The summed E-state index contributed by atoms with van der Waals surface area (Å²) in [5.74, 6) is 1.05. The van der Waals surface area contributed by atoms with Gasteiger partial charge in [-0.15, -0.1) is 28.1 Å². The van der Waals surface area contributed by atoms with Gasteiger partial charge < -0.3 is 10.1 Å². The number of nitrogens with one attached hydrogen (secondary N) is 1. The molecule has 11 heteroatoms. The van der Waals surface area contributed by atoms with Crippen LogP contribution in [0.3, 0.4) is 0 Å². The fraction of sp³-hybridized carbons (Fsp3) is 0.200. The molecule has 186 valence electrons. The average molecular weight is 561 g/mol. The van der Waals surface area contributed by atoms with Crippen molar-refractivity contribution < 1.29 is 9.53 Å². The molecule has 36 heavy (non-hydrogen) atoms. The number of thiazole rings is 1. The highest BCUT2D eigenvalue weighted by molar-refractivity contribution is 7.99. The van der Waals surface area contributed by atoms with Gasteiger partial charge in [0.2, 0.25) is 5.91 Å². The van der Waals surface area contributed by atoms with Gasteiger partial charge >= 0.3 is 0 Å². The van der Waals surface area contributed by atoms with E-state index in [4.69, 9.17) is 27.9 Å². The molecule has 0 unspecified atom stereocenters. The van der Waals surface area contributed by atoms with Crippen LogP contribution >= 0.6 is 46.3 Å². The zero-order valence-corrected chi connectivity index (χ0v) is 22.8. The lowest BCUT2D eigenvalue weighted by Gasteiger charge is -2.10. The summed E-state index contributed by atoms with van der Waals surface area (Å²) < 4.78 is 7.63. The number of ether oxygens (including phenoxy) is 1. The Morgan fingerprint density at radius 3 is 2.78 bits per heavy atom. The van der Waals surface area contributed by atoms with Crippen molar-refractivity contribution in [3.8, 4) is 17.0 Å². The Morgan fingerprint density at radius 1 is 1.19 bits per heavy atom. The van der Waals surface area contributed by atoms with E-state index < -0.39 is 0 Å². The van der Waals surface area contributed by atoms with E-state index in [2.05, 4.69) is 53.1 Å². The summed E-state index contributed by atoms with van der Waals surface area (Å²) in [6.07, 6.45) is 1.73. The number of anilines is 1. The number of rotatable bonds is 10. The number of nitrogens with zero attached hydrogens (tertiary/aromatic N) is 4. The minimum absolute atomic E-state index is 0.148. The van der Waals surface area contributed by atoms with Crippen molar-refractivity contribution in [1.29, 1.82) is 0 Å². The highest BCUT2D eigenvalue weighted by Crippen LogP contribution is 2.29. The maximum absolute atomic E-state index is 12.6. The van der Waals surface area contributed by atoms with Crippen molar-refractivity contribution in [2.75, 3.05) is 11.1 Å². The number of aryl methyl sites for hydroxylation is 2. The minimum atomic E-state index is -0.181. The highest BCUT2D eigenvalue weighted by Gasteiger charge is 2.16. The number of carbonyl (C=O) groups excluding carboxylic acids is 1. The normalized spacial score (nSPS) is 10.9. The van der Waals surface area contributed by atoms with E-state index in [9.17, 15) is 4.79 Å². The number of benzene rings is 2. The molecule has 0 atom stereocenters. The smallest absolute Gasteiger partial charge is 0.236 e. The second-order valence-electron chi connectivity index (χ2n) is 7.84. The van der Waals surface area contributed by atoms with Crippen LogP contribution in [0.25, 0.3) is 11.3 Å².